The highest BCUT2D eigenvalue weighted by Crippen LogP contribution is 2.64. The lowest BCUT2D eigenvalue weighted by Crippen LogP contribution is -2.49. The molecular weight excluding hydrogens is 356 g/mol. The average Bonchev–Trinajstić information content (AvgIpc) is 3.00. The lowest BCUT2D eigenvalue weighted by Gasteiger charge is -2.54. The standard InChI is InChI=1S/C27H42O2/c1-17(2)7-6-8-18(3)21-9-10-22-20-16-25(29)24-15-19(28)11-13-27(24,5)23(20)12-14-26(21,22)4/h6,8,12,16-19,21-22,24-25,28-29H,7,9-11,13-15H2,1-5H3. The van der Waals surface area contributed by atoms with Gasteiger partial charge in [-0.15, -0.1) is 0 Å². The van der Waals surface area contributed by atoms with Crippen LogP contribution in [0.2, 0.25) is 0 Å². The van der Waals surface area contributed by atoms with Crippen LogP contribution in [0.15, 0.2) is 35.5 Å². The molecule has 0 aromatic carbocycles. The van der Waals surface area contributed by atoms with Crippen molar-refractivity contribution in [2.75, 3.05) is 0 Å². The molecule has 2 nitrogen and oxygen atoms in total. The summed E-state index contributed by atoms with van der Waals surface area (Å²) in [4.78, 5) is 0. The topological polar surface area (TPSA) is 40.5 Å². The molecule has 0 heterocycles. The van der Waals surface area contributed by atoms with E-state index in [-0.39, 0.29) is 17.4 Å². The Morgan fingerprint density at radius 3 is 2.62 bits per heavy atom. The van der Waals surface area contributed by atoms with Crippen LogP contribution in [0.4, 0.5) is 0 Å². The maximum absolute atomic E-state index is 11.0. The molecule has 0 amide bonds. The van der Waals surface area contributed by atoms with Crippen molar-refractivity contribution in [1.29, 1.82) is 0 Å². The summed E-state index contributed by atoms with van der Waals surface area (Å²) in [6.45, 7) is 11.9. The molecule has 0 spiro atoms. The predicted molar refractivity (Wildman–Crippen MR) is 120 cm³/mol. The summed E-state index contributed by atoms with van der Waals surface area (Å²) in [6, 6.07) is 0. The van der Waals surface area contributed by atoms with Crippen molar-refractivity contribution in [3.05, 3.63) is 35.5 Å². The van der Waals surface area contributed by atoms with Crippen LogP contribution in [0.3, 0.4) is 0 Å². The van der Waals surface area contributed by atoms with Crippen molar-refractivity contribution in [3.8, 4) is 0 Å². The molecule has 4 aliphatic carbocycles. The first kappa shape index (κ1) is 21.4. The molecule has 2 saturated carbocycles. The van der Waals surface area contributed by atoms with Gasteiger partial charge >= 0.3 is 0 Å². The molecule has 0 aromatic rings. The van der Waals surface area contributed by atoms with Crippen LogP contribution in [0, 0.1) is 40.4 Å². The molecule has 162 valence electrons. The Kier molecular flexibility index (Phi) is 5.66. The Morgan fingerprint density at radius 1 is 1.14 bits per heavy atom. The Labute approximate surface area is 178 Å². The second kappa shape index (κ2) is 7.68. The van der Waals surface area contributed by atoms with Crippen LogP contribution in [0.5, 0.6) is 0 Å². The molecule has 8 atom stereocenters. The van der Waals surface area contributed by atoms with Crippen molar-refractivity contribution >= 4 is 0 Å². The molecule has 0 saturated heterocycles. The lowest BCUT2D eigenvalue weighted by atomic mass is 9.51. The van der Waals surface area contributed by atoms with Gasteiger partial charge in [0.05, 0.1) is 12.2 Å². The van der Waals surface area contributed by atoms with Gasteiger partial charge in [-0.25, -0.2) is 0 Å². The van der Waals surface area contributed by atoms with E-state index in [0.29, 0.717) is 23.2 Å². The summed E-state index contributed by atoms with van der Waals surface area (Å²) in [5.74, 6) is 2.79. The van der Waals surface area contributed by atoms with E-state index in [9.17, 15) is 10.2 Å². The monoisotopic (exact) mass is 398 g/mol. The average molecular weight is 399 g/mol. The number of allylic oxidation sites excluding steroid dienone is 5. The maximum atomic E-state index is 11.0. The summed E-state index contributed by atoms with van der Waals surface area (Å²) in [5.41, 5.74) is 3.31. The van der Waals surface area contributed by atoms with Crippen LogP contribution in [-0.4, -0.2) is 22.4 Å². The fourth-order valence-electron chi connectivity index (χ4n) is 7.50. The van der Waals surface area contributed by atoms with Gasteiger partial charge < -0.3 is 10.2 Å². The van der Waals surface area contributed by atoms with Crippen molar-refractivity contribution in [2.24, 2.45) is 40.4 Å². The van der Waals surface area contributed by atoms with E-state index < -0.39 is 6.10 Å². The minimum atomic E-state index is -0.410. The molecule has 0 aliphatic heterocycles. The highest BCUT2D eigenvalue weighted by molar-refractivity contribution is 5.47. The van der Waals surface area contributed by atoms with Gasteiger partial charge in [-0.3, -0.25) is 0 Å². The van der Waals surface area contributed by atoms with Gasteiger partial charge in [0.25, 0.3) is 0 Å². The smallest absolute Gasteiger partial charge is 0.0764 e. The first-order valence-electron chi connectivity index (χ1n) is 12.1. The third-order valence-corrected chi connectivity index (χ3v) is 9.24. The fraction of sp³-hybridized carbons (Fsp3) is 0.778. The van der Waals surface area contributed by atoms with Crippen molar-refractivity contribution < 1.29 is 10.2 Å². The minimum Gasteiger partial charge on any atom is -0.393 e. The van der Waals surface area contributed by atoms with E-state index in [2.05, 4.69) is 58.9 Å². The second-order valence-electron chi connectivity index (χ2n) is 11.5. The fourth-order valence-corrected chi connectivity index (χ4v) is 7.50. The van der Waals surface area contributed by atoms with Crippen molar-refractivity contribution in [1.82, 2.24) is 0 Å². The molecule has 4 aliphatic rings. The molecule has 29 heavy (non-hydrogen) atoms. The molecule has 2 fully saturated rings. The van der Waals surface area contributed by atoms with Crippen LogP contribution < -0.4 is 0 Å². The van der Waals surface area contributed by atoms with Gasteiger partial charge in [-0.05, 0) is 90.6 Å². The number of fused-ring (bicyclic) bond motifs is 5. The highest BCUT2D eigenvalue weighted by atomic mass is 16.3. The molecule has 4 rings (SSSR count). The van der Waals surface area contributed by atoms with Crippen LogP contribution in [-0.2, 0) is 0 Å². The molecule has 0 bridgehead atoms. The van der Waals surface area contributed by atoms with E-state index in [1.54, 1.807) is 0 Å². The molecular formula is C27H42O2. The van der Waals surface area contributed by atoms with Gasteiger partial charge in [-0.2, -0.15) is 0 Å². The molecule has 0 radical (unpaired) electrons. The minimum absolute atomic E-state index is 0.0327. The highest BCUT2D eigenvalue weighted by Gasteiger charge is 2.56. The third-order valence-electron chi connectivity index (χ3n) is 9.24. The number of hydrogen-bond acceptors (Lipinski definition) is 2. The van der Waals surface area contributed by atoms with Gasteiger partial charge in [-0.1, -0.05) is 58.9 Å². The zero-order valence-corrected chi connectivity index (χ0v) is 19.2. The van der Waals surface area contributed by atoms with E-state index in [0.717, 1.165) is 25.2 Å². The Hall–Kier alpha value is -0.860. The van der Waals surface area contributed by atoms with E-state index in [1.807, 2.05) is 0 Å². The van der Waals surface area contributed by atoms with Crippen LogP contribution in [0.1, 0.15) is 79.6 Å². The second-order valence-corrected chi connectivity index (χ2v) is 11.5. The van der Waals surface area contributed by atoms with E-state index in [1.165, 1.54) is 36.8 Å². The lowest BCUT2D eigenvalue weighted by molar-refractivity contribution is -0.0233. The van der Waals surface area contributed by atoms with Gasteiger partial charge in [0.1, 0.15) is 0 Å². The molecule has 2 heteroatoms. The van der Waals surface area contributed by atoms with Crippen LogP contribution in [0.25, 0.3) is 0 Å². The number of aliphatic hydroxyl groups is 2. The van der Waals surface area contributed by atoms with Crippen LogP contribution >= 0.6 is 0 Å². The zero-order chi connectivity index (χ0) is 21.0. The van der Waals surface area contributed by atoms with E-state index in [4.69, 9.17) is 0 Å². The summed E-state index contributed by atoms with van der Waals surface area (Å²) in [7, 11) is 0. The Balaban J connectivity index is 1.62. The number of aliphatic hydroxyl groups excluding tert-OH is 2. The van der Waals surface area contributed by atoms with Gasteiger partial charge in [0, 0.05) is 5.92 Å². The van der Waals surface area contributed by atoms with E-state index >= 15 is 0 Å². The summed E-state index contributed by atoms with van der Waals surface area (Å²) in [6.07, 6.45) is 16.4. The van der Waals surface area contributed by atoms with Crippen molar-refractivity contribution in [3.63, 3.8) is 0 Å². The largest absolute Gasteiger partial charge is 0.393 e. The quantitative estimate of drug-likeness (QED) is 0.565. The predicted octanol–water partition coefficient (Wildman–Crippen LogP) is 6.06. The molecule has 2 N–H and O–H groups in total. The Bertz CT molecular complexity index is 716. The van der Waals surface area contributed by atoms with Gasteiger partial charge in [0.15, 0.2) is 0 Å². The first-order valence-corrected chi connectivity index (χ1v) is 12.1. The maximum Gasteiger partial charge on any atom is 0.0764 e. The normalized spacial score (nSPS) is 45.4. The first-order chi connectivity index (χ1) is 13.7. The third kappa shape index (κ3) is 3.49. The van der Waals surface area contributed by atoms with Gasteiger partial charge in [0.2, 0.25) is 0 Å². The Morgan fingerprint density at radius 2 is 1.90 bits per heavy atom. The SMILES string of the molecule is CC(C)CC=CC(C)C1CCC2C3=CC(O)C4CC(O)CCC4(C)C3=CCC21C. The summed E-state index contributed by atoms with van der Waals surface area (Å²) >= 11 is 0. The number of hydrogen-bond donors (Lipinski definition) is 2. The molecule has 0 aromatic heterocycles. The summed E-state index contributed by atoms with van der Waals surface area (Å²) < 4.78 is 0. The zero-order valence-electron chi connectivity index (χ0n) is 19.2. The van der Waals surface area contributed by atoms with Crippen molar-refractivity contribution in [2.45, 2.75) is 91.8 Å². The molecule has 8 unspecified atom stereocenters. The number of rotatable bonds is 4. The summed E-state index contributed by atoms with van der Waals surface area (Å²) in [5, 5.41) is 21.3.